The van der Waals surface area contributed by atoms with Crippen molar-refractivity contribution in [3.8, 4) is 23.1 Å². The van der Waals surface area contributed by atoms with Crippen molar-refractivity contribution in [1.82, 2.24) is 28.7 Å². The first-order valence-corrected chi connectivity index (χ1v) is 14.8. The third-order valence-corrected chi connectivity index (χ3v) is 8.77. The van der Waals surface area contributed by atoms with Crippen LogP contribution in [0.4, 0.5) is 19.1 Å². The Morgan fingerprint density at radius 1 is 1.18 bits per heavy atom. The van der Waals surface area contributed by atoms with Gasteiger partial charge >= 0.3 is 6.18 Å². The highest BCUT2D eigenvalue weighted by Gasteiger charge is 2.36. The molecule has 0 aliphatic carbocycles. The Balaban J connectivity index is 1.40. The van der Waals surface area contributed by atoms with E-state index in [-0.39, 0.29) is 23.4 Å². The van der Waals surface area contributed by atoms with E-state index in [1.807, 2.05) is 12.1 Å². The monoisotopic (exact) mass is 574 g/mol. The van der Waals surface area contributed by atoms with Crippen LogP contribution >= 0.6 is 0 Å². The standard InChI is InChI=1S/C26H29F3N8O2S/c1-3-35-13-19(14-35)17-4-5-23(18(10-17)11-30)36-15-22(32-16-36)24-21(26(27,28)29)12-31-25(34-24)33-20-6-8-37(9-7-20)40(2,38)39/h4-5,10,12,15-16,19-20H,3,6-9,13-14H2,1-2H3,(H,31,33,34). The molecule has 0 bridgehead atoms. The molecule has 0 amide bonds. The third kappa shape index (κ3) is 5.81. The van der Waals surface area contributed by atoms with Crippen LogP contribution in [0.5, 0.6) is 0 Å². The Kier molecular flexibility index (Phi) is 7.56. The van der Waals surface area contributed by atoms with E-state index in [4.69, 9.17) is 0 Å². The van der Waals surface area contributed by atoms with Gasteiger partial charge in [0, 0.05) is 50.5 Å². The zero-order chi connectivity index (χ0) is 28.7. The Bertz CT molecular complexity index is 1540. The van der Waals surface area contributed by atoms with Gasteiger partial charge in [0.2, 0.25) is 16.0 Å². The first-order valence-electron chi connectivity index (χ1n) is 12.9. The Labute approximate surface area is 230 Å². The molecule has 5 rings (SSSR count). The van der Waals surface area contributed by atoms with Gasteiger partial charge in [-0.1, -0.05) is 13.0 Å². The third-order valence-electron chi connectivity index (χ3n) is 7.47. The number of alkyl halides is 3. The summed E-state index contributed by atoms with van der Waals surface area (Å²) in [7, 11) is -3.30. The molecule has 0 unspecified atom stereocenters. The molecule has 212 valence electrons. The van der Waals surface area contributed by atoms with Gasteiger partial charge in [-0.05, 0) is 37.1 Å². The summed E-state index contributed by atoms with van der Waals surface area (Å²) in [5.74, 6) is 0.346. The number of hydrogen-bond acceptors (Lipinski definition) is 8. The number of benzene rings is 1. The number of nitrogens with zero attached hydrogens (tertiary/aromatic N) is 7. The first kappa shape index (κ1) is 28.0. The molecular weight excluding hydrogens is 545 g/mol. The molecule has 1 N–H and O–H groups in total. The van der Waals surface area contributed by atoms with Crippen LogP contribution in [-0.2, 0) is 16.2 Å². The zero-order valence-corrected chi connectivity index (χ0v) is 22.9. The van der Waals surface area contributed by atoms with E-state index < -0.39 is 21.8 Å². The van der Waals surface area contributed by atoms with Crippen molar-refractivity contribution in [3.63, 3.8) is 0 Å². The number of likely N-dealkylation sites (tertiary alicyclic amines) is 1. The molecule has 10 nitrogen and oxygen atoms in total. The maximum absolute atomic E-state index is 13.9. The predicted octanol–water partition coefficient (Wildman–Crippen LogP) is 3.47. The van der Waals surface area contributed by atoms with Crippen LogP contribution < -0.4 is 5.32 Å². The first-order chi connectivity index (χ1) is 19.0. The second kappa shape index (κ2) is 10.8. The van der Waals surface area contributed by atoms with Gasteiger partial charge in [-0.3, -0.25) is 0 Å². The number of likely N-dealkylation sites (N-methyl/N-ethyl adjacent to an activating group) is 1. The second-order valence-electron chi connectivity index (χ2n) is 10.1. The Morgan fingerprint density at radius 3 is 2.52 bits per heavy atom. The molecule has 0 saturated carbocycles. The summed E-state index contributed by atoms with van der Waals surface area (Å²) in [6, 6.07) is 7.55. The molecule has 2 aliphatic rings. The number of imidazole rings is 1. The van der Waals surface area contributed by atoms with Gasteiger partial charge in [-0.15, -0.1) is 0 Å². The summed E-state index contributed by atoms with van der Waals surface area (Å²) in [6.45, 7) is 5.52. The predicted molar refractivity (Wildman–Crippen MR) is 142 cm³/mol. The van der Waals surface area contributed by atoms with Crippen LogP contribution in [0, 0.1) is 11.3 Å². The van der Waals surface area contributed by atoms with Crippen molar-refractivity contribution in [2.45, 2.75) is 37.9 Å². The maximum Gasteiger partial charge on any atom is 0.420 e. The number of nitriles is 1. The van der Waals surface area contributed by atoms with Crippen molar-refractivity contribution < 1.29 is 21.6 Å². The Morgan fingerprint density at radius 2 is 1.90 bits per heavy atom. The molecule has 2 aliphatic heterocycles. The van der Waals surface area contributed by atoms with Crippen LogP contribution in [0.3, 0.4) is 0 Å². The van der Waals surface area contributed by atoms with E-state index in [0.717, 1.165) is 37.7 Å². The van der Waals surface area contributed by atoms with Gasteiger partial charge in [0.15, 0.2) is 0 Å². The van der Waals surface area contributed by atoms with Crippen LogP contribution in [0.15, 0.2) is 36.9 Å². The molecule has 1 aromatic carbocycles. The van der Waals surface area contributed by atoms with Crippen LogP contribution in [0.1, 0.15) is 42.4 Å². The summed E-state index contributed by atoms with van der Waals surface area (Å²) in [4.78, 5) is 14.6. The summed E-state index contributed by atoms with van der Waals surface area (Å²) in [5.41, 5.74) is 0.528. The van der Waals surface area contributed by atoms with Gasteiger partial charge in [-0.25, -0.2) is 27.7 Å². The smallest absolute Gasteiger partial charge is 0.351 e. The minimum Gasteiger partial charge on any atom is -0.351 e. The number of piperidine rings is 1. The molecule has 2 saturated heterocycles. The summed E-state index contributed by atoms with van der Waals surface area (Å²) in [6.07, 6.45) is 0.869. The van der Waals surface area contributed by atoms with E-state index in [1.54, 1.807) is 6.07 Å². The van der Waals surface area contributed by atoms with Gasteiger partial charge in [-0.2, -0.15) is 18.4 Å². The minimum absolute atomic E-state index is 0.000885. The molecular formula is C26H29F3N8O2S. The molecule has 0 radical (unpaired) electrons. The summed E-state index contributed by atoms with van der Waals surface area (Å²) < 4.78 is 68.1. The molecule has 0 atom stereocenters. The van der Waals surface area contributed by atoms with E-state index in [2.05, 4.69) is 38.2 Å². The summed E-state index contributed by atoms with van der Waals surface area (Å²) in [5, 5.41) is 12.8. The van der Waals surface area contributed by atoms with E-state index in [1.165, 1.54) is 21.4 Å². The second-order valence-corrected chi connectivity index (χ2v) is 12.1. The highest BCUT2D eigenvalue weighted by Crippen LogP contribution is 2.36. The number of rotatable bonds is 7. The number of sulfonamides is 1. The number of nitrogens with one attached hydrogen (secondary N) is 1. The number of anilines is 1. The minimum atomic E-state index is -4.72. The normalized spacial score (nSPS) is 17.9. The zero-order valence-electron chi connectivity index (χ0n) is 22.1. The number of halogens is 3. The lowest BCUT2D eigenvalue weighted by atomic mass is 9.90. The fourth-order valence-electron chi connectivity index (χ4n) is 5.11. The fourth-order valence-corrected chi connectivity index (χ4v) is 5.98. The van der Waals surface area contributed by atoms with Crippen LogP contribution in [-0.4, -0.2) is 82.2 Å². The summed E-state index contributed by atoms with van der Waals surface area (Å²) >= 11 is 0. The molecule has 0 spiro atoms. The van der Waals surface area contributed by atoms with Gasteiger partial charge in [0.05, 0.1) is 17.5 Å². The lowest BCUT2D eigenvalue weighted by molar-refractivity contribution is -0.137. The SMILES string of the molecule is CCN1CC(c2ccc(-n3cnc(-c4nc(NC5CCN(S(C)(=O)=O)CC5)ncc4C(F)(F)F)c3)c(C#N)c2)C1. The van der Waals surface area contributed by atoms with E-state index in [9.17, 15) is 26.9 Å². The largest absolute Gasteiger partial charge is 0.420 e. The molecule has 3 aromatic rings. The average molecular weight is 575 g/mol. The highest BCUT2D eigenvalue weighted by atomic mass is 32.2. The van der Waals surface area contributed by atoms with Gasteiger partial charge < -0.3 is 14.8 Å². The van der Waals surface area contributed by atoms with Gasteiger partial charge in [0.25, 0.3) is 0 Å². The average Bonchev–Trinajstić information content (AvgIpc) is 3.37. The quantitative estimate of drug-likeness (QED) is 0.456. The van der Waals surface area contributed by atoms with Crippen LogP contribution in [0.25, 0.3) is 17.1 Å². The van der Waals surface area contributed by atoms with E-state index >= 15 is 0 Å². The number of hydrogen-bond donors (Lipinski definition) is 1. The van der Waals surface area contributed by atoms with E-state index in [0.29, 0.717) is 43.1 Å². The molecule has 2 fully saturated rings. The lowest BCUT2D eigenvalue weighted by Gasteiger charge is -2.39. The molecule has 40 heavy (non-hydrogen) atoms. The highest BCUT2D eigenvalue weighted by molar-refractivity contribution is 7.88. The van der Waals surface area contributed by atoms with Gasteiger partial charge in [0.1, 0.15) is 29.3 Å². The van der Waals surface area contributed by atoms with Crippen molar-refractivity contribution in [2.24, 2.45) is 0 Å². The van der Waals surface area contributed by atoms with Crippen LogP contribution in [0.2, 0.25) is 0 Å². The van der Waals surface area contributed by atoms with Crippen molar-refractivity contribution >= 4 is 16.0 Å². The van der Waals surface area contributed by atoms with Crippen molar-refractivity contribution in [3.05, 3.63) is 53.6 Å². The van der Waals surface area contributed by atoms with Crippen molar-refractivity contribution in [2.75, 3.05) is 44.3 Å². The number of aromatic nitrogens is 4. The molecule has 2 aromatic heterocycles. The van der Waals surface area contributed by atoms with Crippen molar-refractivity contribution in [1.29, 1.82) is 5.26 Å². The molecule has 14 heteroatoms. The topological polar surface area (TPSA) is 120 Å². The molecule has 4 heterocycles. The lowest BCUT2D eigenvalue weighted by Crippen LogP contribution is -2.44. The Hall–Kier alpha value is -3.54. The fraction of sp³-hybridized carbons (Fsp3) is 0.462. The maximum atomic E-state index is 13.9.